The van der Waals surface area contributed by atoms with Crippen LogP contribution in [0.5, 0.6) is 23.0 Å². The third-order valence-corrected chi connectivity index (χ3v) is 15.6. The maximum Gasteiger partial charge on any atom is 1.00 e. The molecule has 0 bridgehead atoms. The molecule has 0 radical (unpaired) electrons. The number of rotatable bonds is 26. The number of thiophene rings is 4. The van der Waals surface area contributed by atoms with Crippen molar-refractivity contribution in [2.24, 2.45) is 0 Å². The number of hydrogen-bond donors (Lipinski definition) is 5. The monoisotopic (exact) mass is 1180 g/mol. The molecule has 2 aromatic carbocycles. The normalized spacial score (nSPS) is 12.9. The van der Waals surface area contributed by atoms with Gasteiger partial charge in [-0.3, -0.25) is 14.4 Å². The topological polar surface area (TPSA) is 261 Å². The van der Waals surface area contributed by atoms with E-state index in [9.17, 15) is 39.0 Å². The van der Waals surface area contributed by atoms with Crippen LogP contribution >= 0.6 is 45.3 Å². The molecule has 5 N–H and O–H groups in total. The minimum Gasteiger partial charge on any atom is -0.550 e. The van der Waals surface area contributed by atoms with Crippen LogP contribution in [-0.2, 0) is 45.4 Å². The molecule has 0 unspecified atom stereocenters. The Morgan fingerprint density at radius 3 is 1.25 bits per heavy atom. The number of carbonyl (C=O) groups excluding carboxylic acids is 5. The number of aliphatic carboxylic acids is 2. The van der Waals surface area contributed by atoms with Gasteiger partial charge < -0.3 is 65.0 Å². The minimum absolute atomic E-state index is 0. The van der Waals surface area contributed by atoms with Crippen LogP contribution in [0, 0.1) is 11.3 Å². The number of nitrogens with one attached hydrogen (secondary N) is 4. The van der Waals surface area contributed by atoms with Crippen molar-refractivity contribution in [3.8, 4) is 29.1 Å². The Hall–Kier alpha value is -6.65. The van der Waals surface area contributed by atoms with Crippen molar-refractivity contribution in [2.75, 3.05) is 13.6 Å². The fraction of sp³-hybridized carbons (Fsp3) is 0.375. The van der Waals surface area contributed by atoms with E-state index in [-0.39, 0.29) is 61.4 Å². The van der Waals surface area contributed by atoms with Gasteiger partial charge >= 0.3 is 47.6 Å². The van der Waals surface area contributed by atoms with E-state index in [0.717, 1.165) is 45.2 Å². The van der Waals surface area contributed by atoms with Gasteiger partial charge in [0.2, 0.25) is 25.4 Å². The Kier molecular flexibility index (Phi) is 27.1. The molecule has 6 aromatic rings. The van der Waals surface area contributed by atoms with Gasteiger partial charge in [-0.05, 0) is 94.0 Å². The zero-order valence-corrected chi connectivity index (χ0v) is 50.3. The first kappa shape index (κ1) is 64.2. The summed E-state index contributed by atoms with van der Waals surface area (Å²) in [6.07, 6.45) is 3.38. The van der Waals surface area contributed by atoms with Gasteiger partial charge in [0.05, 0.1) is 50.8 Å². The van der Waals surface area contributed by atoms with Crippen LogP contribution in [0.3, 0.4) is 0 Å². The van der Waals surface area contributed by atoms with Gasteiger partial charge in [-0.1, -0.05) is 75.9 Å². The molecule has 4 aromatic heterocycles. The van der Waals surface area contributed by atoms with Crippen LogP contribution in [0.15, 0.2) is 106 Å². The van der Waals surface area contributed by atoms with Gasteiger partial charge in [-0.25, -0.2) is 9.59 Å². The first-order valence-corrected chi connectivity index (χ1v) is 29.1. The second-order valence-electron chi connectivity index (χ2n) is 18.1. The van der Waals surface area contributed by atoms with Crippen molar-refractivity contribution in [3.05, 3.63) is 137 Å². The second kappa shape index (κ2) is 33.8. The minimum atomic E-state index is -1.32. The number of fused-ring (bicyclic) bond motifs is 2. The molecule has 2 aliphatic heterocycles. The van der Waals surface area contributed by atoms with Gasteiger partial charge in [0.1, 0.15) is 12.1 Å². The van der Waals surface area contributed by atoms with Crippen LogP contribution in [0.25, 0.3) is 0 Å². The van der Waals surface area contributed by atoms with Gasteiger partial charge in [0.25, 0.3) is 0 Å². The Morgan fingerprint density at radius 1 is 0.588 bits per heavy atom. The molecule has 2 aliphatic rings. The van der Waals surface area contributed by atoms with E-state index in [1.165, 1.54) is 6.92 Å². The number of nitrogens with zero attached hydrogens (tertiary/aromatic N) is 3. The Morgan fingerprint density at radius 2 is 0.938 bits per heavy atom. The molecular formula is C56H64N7NaO12S4. The zero-order chi connectivity index (χ0) is 56.5. The van der Waals surface area contributed by atoms with E-state index in [0.29, 0.717) is 73.1 Å². The van der Waals surface area contributed by atoms with E-state index in [4.69, 9.17) is 24.2 Å². The maximum absolute atomic E-state index is 13.8. The van der Waals surface area contributed by atoms with Crippen molar-refractivity contribution >= 4 is 81.2 Å². The predicted molar refractivity (Wildman–Crippen MR) is 300 cm³/mol. The Labute approximate surface area is 503 Å². The largest absolute Gasteiger partial charge is 1.00 e. The number of benzene rings is 2. The molecule has 6 amide bonds. The van der Waals surface area contributed by atoms with Crippen molar-refractivity contribution in [3.63, 3.8) is 0 Å². The molecular weight excluding hydrogens is 1110 g/mol. The summed E-state index contributed by atoms with van der Waals surface area (Å²) in [5.74, 6) is -0.658. The molecule has 0 saturated carbocycles. The fourth-order valence-electron chi connectivity index (χ4n) is 8.38. The Bertz CT molecular complexity index is 2660. The smallest absolute Gasteiger partial charge is 0.550 e. The maximum atomic E-state index is 13.8. The molecule has 0 saturated heterocycles. The average Bonchev–Trinajstić information content (AvgIpc) is 4.32. The number of carboxylic acids is 2. The first-order valence-electron chi connectivity index (χ1n) is 25.6. The number of urea groups is 2. The number of carbonyl (C=O) groups is 6. The van der Waals surface area contributed by atoms with E-state index < -0.39 is 54.6 Å². The summed E-state index contributed by atoms with van der Waals surface area (Å²) in [4.78, 5) is 84.5. The summed E-state index contributed by atoms with van der Waals surface area (Å²) in [7, 11) is 0. The molecule has 8 rings (SSSR count). The molecule has 4 atom stereocenters. The van der Waals surface area contributed by atoms with E-state index in [2.05, 4.69) is 21.3 Å². The average molecular weight is 1180 g/mol. The summed E-state index contributed by atoms with van der Waals surface area (Å²) in [5.41, 5.74) is 1.10. The van der Waals surface area contributed by atoms with E-state index in [1.54, 1.807) is 97.6 Å². The molecule has 80 heavy (non-hydrogen) atoms. The summed E-state index contributed by atoms with van der Waals surface area (Å²) >= 11 is 6.31. The predicted octanol–water partition coefficient (Wildman–Crippen LogP) is 6.48. The van der Waals surface area contributed by atoms with Gasteiger partial charge in [-0.2, -0.15) is 5.26 Å². The third-order valence-electron chi connectivity index (χ3n) is 12.2. The Balaban J connectivity index is 0.000000277. The SMILES string of the molecule is CC#N.CCCC[C@@H](NC(=O)N[C@H](CC(=O)O)c1ccc2c(c1)OCO2)C(=O)N(Cc1cccs1)Cc1cccs1.CCCC[C@@H](NC(=O)N[C@H](CC(=O)[O-])c1ccc2c(c1)OCO2)C(=O)N(Cc1cccs1)Cc1cccs1.[Na+]. The van der Waals surface area contributed by atoms with Crippen molar-refractivity contribution < 1.29 is 87.5 Å². The second-order valence-corrected chi connectivity index (χ2v) is 22.2. The third kappa shape index (κ3) is 20.5. The molecule has 0 fully saturated rings. The number of nitriles is 1. The molecule has 6 heterocycles. The van der Waals surface area contributed by atoms with Gasteiger partial charge in [-0.15, -0.1) is 45.3 Å². The van der Waals surface area contributed by atoms with Crippen LogP contribution < -0.4 is 74.9 Å². The quantitative estimate of drug-likeness (QED) is 0.0365. The zero-order valence-electron chi connectivity index (χ0n) is 45.0. The standard InChI is InChI=1S/2C27H31N3O6S2.C2H3N.Na/c2*1-2-3-8-21(26(33)30(15-19-6-4-11-37-19)16-20-7-5-12-38-20)28-27(34)29-22(14-25(31)32)18-9-10-23-24(13-18)36-17-35-23;1-2-3;/h2*4-7,9-13,21-22H,2-3,8,14-17H2,1H3,(H,31,32)(H2,28,29,34);1H3;/q;;;+1/p-1/t2*21-,22-;;/m11../s1. The summed E-state index contributed by atoms with van der Waals surface area (Å²) < 4.78 is 21.4. The van der Waals surface area contributed by atoms with Gasteiger partial charge in [0.15, 0.2) is 23.0 Å². The van der Waals surface area contributed by atoms with E-state index in [1.807, 2.05) is 83.9 Å². The molecule has 0 spiro atoms. The number of amides is 6. The summed E-state index contributed by atoms with van der Waals surface area (Å²) in [5, 5.41) is 47.3. The van der Waals surface area contributed by atoms with Crippen molar-refractivity contribution in [2.45, 2.75) is 122 Å². The number of carboxylic acid groups (broad SMARTS) is 2. The van der Waals surface area contributed by atoms with Crippen LogP contribution in [0.4, 0.5) is 9.59 Å². The molecule has 24 heteroatoms. The van der Waals surface area contributed by atoms with Crippen LogP contribution in [-0.4, -0.2) is 76.4 Å². The van der Waals surface area contributed by atoms with Crippen molar-refractivity contribution in [1.82, 2.24) is 31.1 Å². The first-order chi connectivity index (χ1) is 38.3. The van der Waals surface area contributed by atoms with Crippen LogP contribution in [0.2, 0.25) is 0 Å². The van der Waals surface area contributed by atoms with Crippen LogP contribution in [0.1, 0.15) is 115 Å². The fourth-order valence-corrected chi connectivity index (χ4v) is 11.3. The van der Waals surface area contributed by atoms with Crippen molar-refractivity contribution in [1.29, 1.82) is 5.26 Å². The summed E-state index contributed by atoms with van der Waals surface area (Å²) in [6, 6.07) is 23.1. The number of unbranched alkanes of at least 4 members (excludes halogenated alkanes) is 2. The van der Waals surface area contributed by atoms with Gasteiger partial charge in [0, 0.05) is 38.8 Å². The molecule has 420 valence electrons. The molecule has 0 aliphatic carbocycles. The molecule has 19 nitrogen and oxygen atoms in total. The summed E-state index contributed by atoms with van der Waals surface area (Å²) in [6.45, 7) is 7.40. The number of hydrogen-bond acceptors (Lipinski definition) is 16. The van der Waals surface area contributed by atoms with E-state index >= 15 is 0 Å². The number of ether oxygens (including phenoxy) is 4.